The number of fused-ring (bicyclic) bond motifs is 1. The average Bonchev–Trinajstić information content (AvgIpc) is 3.20. The molecule has 2 aliphatic heterocycles. The van der Waals surface area contributed by atoms with Crippen LogP contribution in [0.4, 0.5) is 15.8 Å². The lowest BCUT2D eigenvalue weighted by Gasteiger charge is -2.43. The number of aliphatic imine (C=N–C) groups is 1. The maximum atomic E-state index is 15.6. The second-order valence-corrected chi connectivity index (χ2v) is 11.6. The van der Waals surface area contributed by atoms with Crippen molar-refractivity contribution in [3.8, 4) is 0 Å². The minimum atomic E-state index is -0.328. The van der Waals surface area contributed by atoms with E-state index in [1.54, 1.807) is 17.0 Å². The fraction of sp³-hybridized carbons (Fsp3) is 0.273. The van der Waals surface area contributed by atoms with Crippen LogP contribution in [0.5, 0.6) is 0 Å². The predicted molar refractivity (Wildman–Crippen MR) is 163 cm³/mol. The first kappa shape index (κ1) is 26.9. The Morgan fingerprint density at radius 1 is 1.00 bits per heavy atom. The number of benzene rings is 3. The summed E-state index contributed by atoms with van der Waals surface area (Å²) >= 11 is 1.30. The molecular formula is C33H34FN3OS. The molecule has 0 radical (unpaired) electrons. The first-order valence-corrected chi connectivity index (χ1v) is 14.3. The molecule has 2 heterocycles. The van der Waals surface area contributed by atoms with E-state index in [1.165, 1.54) is 11.8 Å². The molecule has 3 aromatic rings. The van der Waals surface area contributed by atoms with Gasteiger partial charge in [0.1, 0.15) is 5.82 Å². The fourth-order valence-corrected chi connectivity index (χ4v) is 6.30. The van der Waals surface area contributed by atoms with Crippen molar-refractivity contribution in [1.29, 1.82) is 0 Å². The number of amides is 1. The lowest BCUT2D eigenvalue weighted by Crippen LogP contribution is -2.45. The van der Waals surface area contributed by atoms with Crippen molar-refractivity contribution < 1.29 is 9.18 Å². The van der Waals surface area contributed by atoms with Crippen molar-refractivity contribution in [1.82, 2.24) is 4.90 Å². The van der Waals surface area contributed by atoms with E-state index in [2.05, 4.69) is 50.8 Å². The number of hydrogen-bond acceptors (Lipinski definition) is 4. The molecule has 0 saturated carbocycles. The molecule has 0 aliphatic carbocycles. The first-order chi connectivity index (χ1) is 18.8. The highest BCUT2D eigenvalue weighted by atomic mass is 32.2. The van der Waals surface area contributed by atoms with Crippen LogP contribution in [0, 0.1) is 5.82 Å². The Kier molecular flexibility index (Phi) is 7.76. The molecule has 39 heavy (non-hydrogen) atoms. The monoisotopic (exact) mass is 539 g/mol. The predicted octanol–water partition coefficient (Wildman–Crippen LogP) is 8.08. The number of halogens is 1. The van der Waals surface area contributed by atoms with Crippen LogP contribution < -0.4 is 4.90 Å². The normalized spacial score (nSPS) is 18.6. The Morgan fingerprint density at radius 2 is 1.69 bits per heavy atom. The largest absolute Gasteiger partial charge is 0.362 e. The van der Waals surface area contributed by atoms with Gasteiger partial charge in [0.2, 0.25) is 0 Å². The van der Waals surface area contributed by atoms with Gasteiger partial charge in [-0.1, -0.05) is 61.5 Å². The Labute approximate surface area is 234 Å². The Bertz CT molecular complexity index is 1460. The molecule has 2 aliphatic rings. The van der Waals surface area contributed by atoms with E-state index in [0.29, 0.717) is 28.6 Å². The molecule has 0 atom stereocenters. The molecule has 3 aromatic carbocycles. The molecule has 1 amide bonds. The summed E-state index contributed by atoms with van der Waals surface area (Å²) in [5.41, 5.74) is 5.17. The number of rotatable bonds is 7. The van der Waals surface area contributed by atoms with Crippen molar-refractivity contribution in [2.75, 3.05) is 18.0 Å². The van der Waals surface area contributed by atoms with Crippen LogP contribution in [0.1, 0.15) is 50.8 Å². The molecule has 6 heteroatoms. The maximum Gasteiger partial charge on any atom is 0.266 e. The van der Waals surface area contributed by atoms with Crippen molar-refractivity contribution in [3.63, 3.8) is 0 Å². The number of thioether (sulfide) groups is 1. The van der Waals surface area contributed by atoms with Crippen LogP contribution in [0.2, 0.25) is 0 Å². The third-order valence-corrected chi connectivity index (χ3v) is 8.17. The van der Waals surface area contributed by atoms with Gasteiger partial charge in [-0.3, -0.25) is 9.69 Å². The molecule has 1 saturated heterocycles. The van der Waals surface area contributed by atoms with Crippen LogP contribution in [-0.2, 0) is 11.2 Å². The van der Waals surface area contributed by atoms with Gasteiger partial charge in [0.25, 0.3) is 5.91 Å². The summed E-state index contributed by atoms with van der Waals surface area (Å²) in [6.07, 6.45) is 5.60. The van der Waals surface area contributed by atoms with E-state index in [9.17, 15) is 4.79 Å². The van der Waals surface area contributed by atoms with Gasteiger partial charge in [-0.25, -0.2) is 9.38 Å². The molecule has 0 unspecified atom stereocenters. The number of hydrogen-bond donors (Lipinski definition) is 0. The quantitative estimate of drug-likeness (QED) is 0.285. The molecule has 1 fully saturated rings. The Morgan fingerprint density at radius 3 is 2.38 bits per heavy atom. The van der Waals surface area contributed by atoms with Crippen LogP contribution in [0.15, 0.2) is 88.8 Å². The molecule has 4 nitrogen and oxygen atoms in total. The van der Waals surface area contributed by atoms with Crippen molar-refractivity contribution >= 4 is 45.9 Å². The third-order valence-electron chi connectivity index (χ3n) is 7.17. The number of carbonyl (C=O) groups is 1. The van der Waals surface area contributed by atoms with E-state index < -0.39 is 0 Å². The summed E-state index contributed by atoms with van der Waals surface area (Å²) in [4.78, 5) is 22.9. The maximum absolute atomic E-state index is 15.6. The highest BCUT2D eigenvalue weighted by molar-refractivity contribution is 8.18. The van der Waals surface area contributed by atoms with Crippen molar-refractivity contribution in [3.05, 3.63) is 106 Å². The molecule has 0 bridgehead atoms. The van der Waals surface area contributed by atoms with Crippen molar-refractivity contribution in [2.24, 2.45) is 4.99 Å². The van der Waals surface area contributed by atoms with Gasteiger partial charge in [-0.15, -0.1) is 0 Å². The Hall–Kier alpha value is -3.64. The van der Waals surface area contributed by atoms with Gasteiger partial charge in [-0.2, -0.15) is 0 Å². The number of nitrogens with zero attached hydrogens (tertiary/aromatic N) is 3. The summed E-state index contributed by atoms with van der Waals surface area (Å²) in [6.45, 7) is 9.87. The summed E-state index contributed by atoms with van der Waals surface area (Å²) in [6, 6.07) is 23.2. The lowest BCUT2D eigenvalue weighted by molar-refractivity contribution is -0.122. The molecule has 0 spiro atoms. The fourth-order valence-electron chi connectivity index (χ4n) is 5.29. The highest BCUT2D eigenvalue weighted by Crippen LogP contribution is 2.41. The third kappa shape index (κ3) is 5.71. The summed E-state index contributed by atoms with van der Waals surface area (Å²) in [7, 11) is 0. The van der Waals surface area contributed by atoms with Gasteiger partial charge in [0, 0.05) is 29.9 Å². The zero-order valence-electron chi connectivity index (χ0n) is 22.9. The number of allylic oxidation sites excluding steroid dienone is 1. The Balaban J connectivity index is 1.50. The number of carbonyl (C=O) groups excluding carboxylic acids is 1. The zero-order valence-corrected chi connectivity index (χ0v) is 23.8. The van der Waals surface area contributed by atoms with Crippen LogP contribution in [0.3, 0.4) is 0 Å². The van der Waals surface area contributed by atoms with Crippen LogP contribution in [-0.4, -0.2) is 34.6 Å². The minimum Gasteiger partial charge on any atom is -0.362 e. The van der Waals surface area contributed by atoms with Crippen LogP contribution in [0.25, 0.3) is 11.6 Å². The van der Waals surface area contributed by atoms with Gasteiger partial charge in [-0.05, 0) is 86.9 Å². The molecule has 5 rings (SSSR count). The smallest absolute Gasteiger partial charge is 0.266 e. The van der Waals surface area contributed by atoms with Gasteiger partial charge >= 0.3 is 0 Å². The summed E-state index contributed by atoms with van der Waals surface area (Å²) in [5, 5.41) is 0.610. The van der Waals surface area contributed by atoms with Gasteiger partial charge in [0.15, 0.2) is 5.17 Å². The van der Waals surface area contributed by atoms with Gasteiger partial charge < -0.3 is 4.90 Å². The van der Waals surface area contributed by atoms with Crippen molar-refractivity contribution in [2.45, 2.75) is 46.1 Å². The topological polar surface area (TPSA) is 35.9 Å². The van der Waals surface area contributed by atoms with E-state index >= 15 is 4.39 Å². The van der Waals surface area contributed by atoms with Gasteiger partial charge in [0.05, 0.1) is 16.1 Å². The number of anilines is 1. The van der Waals surface area contributed by atoms with E-state index in [0.717, 1.165) is 41.0 Å². The zero-order chi connectivity index (χ0) is 27.6. The second-order valence-electron chi connectivity index (χ2n) is 10.6. The van der Waals surface area contributed by atoms with E-state index in [1.807, 2.05) is 54.6 Å². The van der Waals surface area contributed by atoms with Crippen LogP contribution >= 0.6 is 11.8 Å². The molecule has 0 aromatic heterocycles. The summed E-state index contributed by atoms with van der Waals surface area (Å²) in [5.74, 6) is -0.478. The molecule has 200 valence electrons. The number of para-hydroxylation sites is 1. The minimum absolute atomic E-state index is 0.149. The SMILES string of the molecule is CCCN1c2cc(F)c(/C=C3/SC(=Nc4ccccc4)N(CCc4ccccc4)C3=O)cc2C(C)=CC1(C)C. The number of amidine groups is 1. The van der Waals surface area contributed by atoms with E-state index in [-0.39, 0.29) is 17.3 Å². The van der Waals surface area contributed by atoms with E-state index in [4.69, 9.17) is 4.99 Å². The lowest BCUT2D eigenvalue weighted by atomic mass is 9.87. The highest BCUT2D eigenvalue weighted by Gasteiger charge is 2.35. The molecular weight excluding hydrogens is 505 g/mol. The second kappa shape index (κ2) is 11.2. The first-order valence-electron chi connectivity index (χ1n) is 13.5. The average molecular weight is 540 g/mol. The summed E-state index contributed by atoms with van der Waals surface area (Å²) < 4.78 is 15.6. The molecule has 0 N–H and O–H groups in total. The standard InChI is InChI=1S/C33H34FN3OS/c1-5-17-37-29-21-28(34)25(19-27(29)23(2)22-33(37,3)4)20-30-31(38)36(18-16-24-12-8-6-9-13-24)32(39-30)35-26-14-10-7-11-15-26/h6-15,19-22H,5,16-18H2,1-4H3/b30-20+,35-32?.